The minimum atomic E-state index is -0.510. The molecular formula is C16H15ClN4O2S. The van der Waals surface area contributed by atoms with Gasteiger partial charge in [0.05, 0.1) is 5.52 Å². The molecule has 124 valence electrons. The molecule has 3 rings (SSSR count). The summed E-state index contributed by atoms with van der Waals surface area (Å²) in [6.07, 6.45) is 1.51. The summed E-state index contributed by atoms with van der Waals surface area (Å²) >= 11 is 7.27. The predicted molar refractivity (Wildman–Crippen MR) is 96.2 cm³/mol. The van der Waals surface area contributed by atoms with Crippen LogP contribution in [-0.2, 0) is 7.05 Å². The first-order chi connectivity index (χ1) is 11.4. The van der Waals surface area contributed by atoms with Crippen LogP contribution in [0.2, 0.25) is 5.02 Å². The third kappa shape index (κ3) is 3.05. The van der Waals surface area contributed by atoms with Gasteiger partial charge in [-0.1, -0.05) is 36.8 Å². The monoisotopic (exact) mass is 362 g/mol. The summed E-state index contributed by atoms with van der Waals surface area (Å²) in [6, 6.07) is 5.02. The van der Waals surface area contributed by atoms with Gasteiger partial charge in [0.15, 0.2) is 0 Å². The lowest BCUT2D eigenvalue weighted by Crippen LogP contribution is -2.23. The average molecular weight is 363 g/mol. The Morgan fingerprint density at radius 1 is 1.33 bits per heavy atom. The molecule has 6 nitrogen and oxygen atoms in total. The van der Waals surface area contributed by atoms with E-state index in [2.05, 4.69) is 15.5 Å². The predicted octanol–water partition coefficient (Wildman–Crippen LogP) is 3.42. The molecule has 0 saturated carbocycles. The summed E-state index contributed by atoms with van der Waals surface area (Å²) < 4.78 is 1.72. The highest BCUT2D eigenvalue weighted by molar-refractivity contribution is 7.15. The molecule has 0 bridgehead atoms. The lowest BCUT2D eigenvalue weighted by molar-refractivity contribution is 0.102. The lowest BCUT2D eigenvalue weighted by Gasteiger charge is -2.08. The van der Waals surface area contributed by atoms with E-state index in [1.165, 1.54) is 17.5 Å². The molecule has 8 heteroatoms. The van der Waals surface area contributed by atoms with Crippen LogP contribution in [0.1, 0.15) is 35.1 Å². The molecule has 0 aliphatic heterocycles. The van der Waals surface area contributed by atoms with E-state index in [0.717, 1.165) is 5.01 Å². The third-order valence-electron chi connectivity index (χ3n) is 3.55. The number of rotatable bonds is 3. The molecule has 0 saturated heterocycles. The maximum atomic E-state index is 12.6. The number of nitrogens with zero attached hydrogens (tertiary/aromatic N) is 3. The van der Waals surface area contributed by atoms with E-state index < -0.39 is 5.91 Å². The smallest absolute Gasteiger partial charge is 0.262 e. The van der Waals surface area contributed by atoms with Gasteiger partial charge in [-0.2, -0.15) is 0 Å². The molecule has 2 heterocycles. The number of hydrogen-bond donors (Lipinski definition) is 1. The number of fused-ring (bicyclic) bond motifs is 1. The van der Waals surface area contributed by atoms with Crippen LogP contribution >= 0.6 is 22.9 Å². The summed E-state index contributed by atoms with van der Waals surface area (Å²) in [5.74, 6) is -0.284. The van der Waals surface area contributed by atoms with Gasteiger partial charge in [0.1, 0.15) is 10.6 Å². The highest BCUT2D eigenvalue weighted by Crippen LogP contribution is 2.23. The molecule has 0 aliphatic rings. The molecule has 0 atom stereocenters. The molecular weight excluding hydrogens is 348 g/mol. The molecule has 1 aromatic carbocycles. The van der Waals surface area contributed by atoms with Gasteiger partial charge in [0.2, 0.25) is 10.6 Å². The van der Waals surface area contributed by atoms with Crippen LogP contribution in [0.5, 0.6) is 0 Å². The van der Waals surface area contributed by atoms with Gasteiger partial charge in [-0.05, 0) is 18.2 Å². The van der Waals surface area contributed by atoms with Crippen molar-refractivity contribution in [2.45, 2.75) is 19.8 Å². The van der Waals surface area contributed by atoms with Gasteiger partial charge < -0.3 is 4.57 Å². The Morgan fingerprint density at radius 2 is 2.08 bits per heavy atom. The van der Waals surface area contributed by atoms with Crippen molar-refractivity contribution >= 4 is 44.9 Å². The number of anilines is 1. The van der Waals surface area contributed by atoms with Crippen molar-refractivity contribution in [1.29, 1.82) is 0 Å². The van der Waals surface area contributed by atoms with E-state index in [4.69, 9.17) is 11.6 Å². The second-order valence-corrected chi connectivity index (χ2v) is 7.14. The van der Waals surface area contributed by atoms with E-state index in [-0.39, 0.29) is 16.9 Å². The normalized spacial score (nSPS) is 11.2. The number of aromatic nitrogens is 3. The van der Waals surface area contributed by atoms with Crippen LogP contribution < -0.4 is 10.7 Å². The minimum absolute atomic E-state index is 0.0357. The van der Waals surface area contributed by atoms with Crippen LogP contribution in [0.4, 0.5) is 5.13 Å². The summed E-state index contributed by atoms with van der Waals surface area (Å²) in [5, 5.41) is 12.6. The number of carbonyl (C=O) groups excluding carboxylic acids is 1. The standard InChI is InChI=1S/C16H15ClN4O2S/c1-8(2)15-19-20-16(24-15)18-14(23)11-7-21(3)12-5-4-9(17)6-10(12)13(11)22/h4-8H,1-3H3,(H,18,20,23). The fourth-order valence-corrected chi connectivity index (χ4v) is 3.22. The van der Waals surface area contributed by atoms with Crippen molar-refractivity contribution in [2.75, 3.05) is 5.32 Å². The number of hydrogen-bond acceptors (Lipinski definition) is 5. The van der Waals surface area contributed by atoms with Crippen molar-refractivity contribution < 1.29 is 4.79 Å². The Hall–Kier alpha value is -2.25. The first kappa shape index (κ1) is 16.6. The van der Waals surface area contributed by atoms with E-state index >= 15 is 0 Å². The number of nitrogens with one attached hydrogen (secondary N) is 1. The fraction of sp³-hybridized carbons (Fsp3) is 0.250. The van der Waals surface area contributed by atoms with Gasteiger partial charge >= 0.3 is 0 Å². The number of carbonyl (C=O) groups is 1. The minimum Gasteiger partial charge on any atom is -0.350 e. The third-order valence-corrected chi connectivity index (χ3v) is 4.92. The van der Waals surface area contributed by atoms with Crippen LogP contribution in [0.3, 0.4) is 0 Å². The van der Waals surface area contributed by atoms with Crippen molar-refractivity contribution in [3.8, 4) is 0 Å². The Morgan fingerprint density at radius 3 is 2.75 bits per heavy atom. The number of pyridine rings is 1. The van der Waals surface area contributed by atoms with Crippen LogP contribution in [0, 0.1) is 0 Å². The van der Waals surface area contributed by atoms with Crippen molar-refractivity contribution in [3.63, 3.8) is 0 Å². The fourth-order valence-electron chi connectivity index (χ4n) is 2.31. The quantitative estimate of drug-likeness (QED) is 0.774. The zero-order valence-corrected chi connectivity index (χ0v) is 14.9. The van der Waals surface area contributed by atoms with Crippen molar-refractivity contribution in [2.24, 2.45) is 7.05 Å². The summed E-state index contributed by atoms with van der Waals surface area (Å²) in [7, 11) is 1.77. The molecule has 3 aromatic rings. The van der Waals surface area contributed by atoms with Gasteiger partial charge in [-0.3, -0.25) is 14.9 Å². The first-order valence-corrected chi connectivity index (χ1v) is 8.50. The molecule has 2 aromatic heterocycles. The highest BCUT2D eigenvalue weighted by atomic mass is 35.5. The van der Waals surface area contributed by atoms with Gasteiger partial charge in [0.25, 0.3) is 5.91 Å². The molecule has 1 amide bonds. The van der Waals surface area contributed by atoms with Crippen LogP contribution in [-0.4, -0.2) is 20.7 Å². The topological polar surface area (TPSA) is 76.9 Å². The van der Waals surface area contributed by atoms with E-state index in [1.807, 2.05) is 13.8 Å². The summed E-state index contributed by atoms with van der Waals surface area (Å²) in [6.45, 7) is 3.99. The number of aryl methyl sites for hydroxylation is 1. The van der Waals surface area contributed by atoms with E-state index in [1.54, 1.807) is 29.8 Å². The molecule has 24 heavy (non-hydrogen) atoms. The van der Waals surface area contributed by atoms with E-state index in [0.29, 0.717) is 21.1 Å². The van der Waals surface area contributed by atoms with Crippen molar-refractivity contribution in [1.82, 2.24) is 14.8 Å². The summed E-state index contributed by atoms with van der Waals surface area (Å²) in [4.78, 5) is 25.1. The molecule has 0 spiro atoms. The Bertz CT molecular complexity index is 993. The number of amides is 1. The Balaban J connectivity index is 2.00. The van der Waals surface area contributed by atoms with Gasteiger partial charge in [0, 0.05) is 29.6 Å². The maximum absolute atomic E-state index is 12.6. The zero-order chi connectivity index (χ0) is 17.4. The average Bonchev–Trinajstić information content (AvgIpc) is 2.99. The summed E-state index contributed by atoms with van der Waals surface area (Å²) in [5.41, 5.74) is 0.379. The molecule has 0 aliphatic carbocycles. The van der Waals surface area contributed by atoms with Gasteiger partial charge in [-0.25, -0.2) is 0 Å². The lowest BCUT2D eigenvalue weighted by atomic mass is 10.1. The van der Waals surface area contributed by atoms with Crippen LogP contribution in [0.15, 0.2) is 29.2 Å². The molecule has 0 fully saturated rings. The van der Waals surface area contributed by atoms with E-state index in [9.17, 15) is 9.59 Å². The van der Waals surface area contributed by atoms with Crippen LogP contribution in [0.25, 0.3) is 10.9 Å². The van der Waals surface area contributed by atoms with Gasteiger partial charge in [-0.15, -0.1) is 10.2 Å². The SMILES string of the molecule is CC(C)c1nnc(NC(=O)c2cn(C)c3ccc(Cl)cc3c2=O)s1. The molecule has 0 unspecified atom stereocenters. The Kier molecular flexibility index (Phi) is 4.38. The first-order valence-electron chi connectivity index (χ1n) is 7.30. The maximum Gasteiger partial charge on any atom is 0.262 e. The second kappa shape index (κ2) is 6.33. The van der Waals surface area contributed by atoms with Crippen molar-refractivity contribution in [3.05, 3.63) is 50.2 Å². The Labute approximate surface area is 147 Å². The molecule has 1 N–H and O–H groups in total. The zero-order valence-electron chi connectivity index (χ0n) is 13.3. The molecule has 0 radical (unpaired) electrons. The second-order valence-electron chi connectivity index (χ2n) is 5.70. The largest absolute Gasteiger partial charge is 0.350 e. The number of halogens is 1. The highest BCUT2D eigenvalue weighted by Gasteiger charge is 2.17. The number of benzene rings is 1.